The Hall–Kier alpha value is -2.12. The highest BCUT2D eigenvalue weighted by Crippen LogP contribution is 2.16. The first-order chi connectivity index (χ1) is 10.7. The van der Waals surface area contributed by atoms with Gasteiger partial charge in [-0.2, -0.15) is 0 Å². The minimum atomic E-state index is -0.166. The summed E-state index contributed by atoms with van der Waals surface area (Å²) in [5.74, 6) is -0.118. The molecule has 1 amide bonds. The highest BCUT2D eigenvalue weighted by atomic mass is 32.1. The van der Waals surface area contributed by atoms with Gasteiger partial charge in [0.1, 0.15) is 11.6 Å². The maximum absolute atomic E-state index is 11.9. The number of amides is 1. The molecule has 0 radical (unpaired) electrons. The molecule has 0 saturated carbocycles. The van der Waals surface area contributed by atoms with Gasteiger partial charge in [0, 0.05) is 25.5 Å². The van der Waals surface area contributed by atoms with Crippen molar-refractivity contribution < 1.29 is 14.3 Å². The number of carbonyl (C=O) groups is 2. The van der Waals surface area contributed by atoms with Crippen LogP contribution in [0.2, 0.25) is 0 Å². The number of rotatable bonds is 8. The number of nitrogens with one attached hydrogen (secondary N) is 1. The lowest BCUT2D eigenvalue weighted by molar-refractivity contribution is -0.116. The van der Waals surface area contributed by atoms with E-state index in [0.29, 0.717) is 35.2 Å². The van der Waals surface area contributed by atoms with Gasteiger partial charge in [0.2, 0.25) is 11.0 Å². The highest BCUT2D eigenvalue weighted by Gasteiger charge is 2.10. The zero-order chi connectivity index (χ0) is 15.8. The van der Waals surface area contributed by atoms with Crippen LogP contribution in [0.5, 0.6) is 0 Å². The molecule has 0 bridgehead atoms. The smallest absolute Gasteiger partial charge is 0.226 e. The number of hydrogen-bond donors (Lipinski definition) is 1. The van der Waals surface area contributed by atoms with Crippen molar-refractivity contribution in [2.45, 2.75) is 25.9 Å². The molecule has 0 aliphatic carbocycles. The first-order valence-electron chi connectivity index (χ1n) is 6.88. The minimum Gasteiger partial charge on any atom is -0.377 e. The van der Waals surface area contributed by atoms with E-state index in [1.54, 1.807) is 19.2 Å². The lowest BCUT2D eigenvalue weighted by Gasteiger charge is -2.02. The van der Waals surface area contributed by atoms with E-state index in [0.717, 1.165) is 0 Å². The molecule has 22 heavy (non-hydrogen) atoms. The number of ether oxygens (including phenoxy) is 1. The van der Waals surface area contributed by atoms with Gasteiger partial charge in [-0.05, 0) is 6.42 Å². The van der Waals surface area contributed by atoms with Crippen LogP contribution in [0.1, 0.15) is 34.6 Å². The molecule has 6 nitrogen and oxygen atoms in total. The van der Waals surface area contributed by atoms with Gasteiger partial charge in [-0.3, -0.25) is 9.59 Å². The number of hydrogen-bond acceptors (Lipinski definition) is 6. The first kappa shape index (κ1) is 16.3. The molecular formula is C15H17N3O3S. The largest absolute Gasteiger partial charge is 0.377 e. The molecule has 2 rings (SSSR count). The van der Waals surface area contributed by atoms with Crippen LogP contribution in [0, 0.1) is 0 Å². The number of ketones is 1. The quantitative estimate of drug-likeness (QED) is 0.757. The van der Waals surface area contributed by atoms with Crippen LogP contribution in [0.4, 0.5) is 5.13 Å². The second-order valence-corrected chi connectivity index (χ2v) is 5.69. The summed E-state index contributed by atoms with van der Waals surface area (Å²) in [4.78, 5) is 23.7. The van der Waals surface area contributed by atoms with Crippen LogP contribution in [-0.2, 0) is 16.1 Å². The fraction of sp³-hybridized carbons (Fsp3) is 0.333. The number of anilines is 1. The molecule has 1 N–H and O–H groups in total. The first-order valence-corrected chi connectivity index (χ1v) is 7.70. The summed E-state index contributed by atoms with van der Waals surface area (Å²) in [5.41, 5.74) is 0.677. The number of aromatic nitrogens is 2. The Morgan fingerprint density at radius 3 is 2.68 bits per heavy atom. The summed E-state index contributed by atoms with van der Waals surface area (Å²) in [6.45, 7) is 0.374. The highest BCUT2D eigenvalue weighted by molar-refractivity contribution is 7.15. The Bertz CT molecular complexity index is 628. The van der Waals surface area contributed by atoms with Gasteiger partial charge >= 0.3 is 0 Å². The molecule has 0 aliphatic heterocycles. The Labute approximate surface area is 132 Å². The molecular weight excluding hydrogens is 302 g/mol. The Morgan fingerprint density at radius 1 is 1.18 bits per heavy atom. The van der Waals surface area contributed by atoms with Crippen LogP contribution < -0.4 is 5.32 Å². The van der Waals surface area contributed by atoms with Crippen molar-refractivity contribution in [2.75, 3.05) is 12.4 Å². The van der Waals surface area contributed by atoms with Gasteiger partial charge in [-0.25, -0.2) is 0 Å². The van der Waals surface area contributed by atoms with Crippen LogP contribution in [0.25, 0.3) is 0 Å². The number of methoxy groups -OCH3 is 1. The van der Waals surface area contributed by atoms with Gasteiger partial charge in [0.05, 0.1) is 0 Å². The predicted octanol–water partition coefficient (Wildman–Crippen LogP) is 2.68. The standard InChI is InChI=1S/C15H17N3O3S/c1-21-10-14-17-18-15(22-14)16-13(20)9-5-8-12(19)11-6-3-2-4-7-11/h2-4,6-7H,5,8-10H2,1H3,(H,16,18,20). The zero-order valence-corrected chi connectivity index (χ0v) is 13.1. The minimum absolute atomic E-state index is 0.0479. The topological polar surface area (TPSA) is 81.2 Å². The van der Waals surface area contributed by atoms with Crippen molar-refractivity contribution in [2.24, 2.45) is 0 Å². The van der Waals surface area contributed by atoms with E-state index >= 15 is 0 Å². The molecule has 0 spiro atoms. The van der Waals surface area contributed by atoms with E-state index in [-0.39, 0.29) is 18.1 Å². The third kappa shape index (κ3) is 5.01. The summed E-state index contributed by atoms with van der Waals surface area (Å²) in [6, 6.07) is 9.08. The fourth-order valence-electron chi connectivity index (χ4n) is 1.85. The molecule has 2 aromatic rings. The van der Waals surface area contributed by atoms with Crippen molar-refractivity contribution in [1.29, 1.82) is 0 Å². The number of nitrogens with zero attached hydrogens (tertiary/aromatic N) is 2. The van der Waals surface area contributed by atoms with Crippen LogP contribution >= 0.6 is 11.3 Å². The van der Waals surface area contributed by atoms with Gasteiger partial charge in [0.15, 0.2) is 5.78 Å². The van der Waals surface area contributed by atoms with Crippen LogP contribution in [0.15, 0.2) is 30.3 Å². The van der Waals surface area contributed by atoms with Crippen molar-refractivity contribution in [3.63, 3.8) is 0 Å². The number of carbonyl (C=O) groups excluding carboxylic acids is 2. The summed E-state index contributed by atoms with van der Waals surface area (Å²) in [7, 11) is 1.57. The van der Waals surface area contributed by atoms with Gasteiger partial charge in [-0.15, -0.1) is 10.2 Å². The van der Waals surface area contributed by atoms with E-state index in [4.69, 9.17) is 4.74 Å². The molecule has 7 heteroatoms. The van der Waals surface area contributed by atoms with Gasteiger partial charge in [-0.1, -0.05) is 41.7 Å². The second kappa shape index (κ2) is 8.35. The molecule has 1 aromatic carbocycles. The maximum Gasteiger partial charge on any atom is 0.226 e. The van der Waals surface area contributed by atoms with Crippen LogP contribution in [0.3, 0.4) is 0 Å². The Morgan fingerprint density at radius 2 is 1.95 bits per heavy atom. The number of Topliss-reactive ketones (excluding diaryl/α,β-unsaturated/α-hetero) is 1. The molecule has 0 unspecified atom stereocenters. The van der Waals surface area contributed by atoms with E-state index in [1.165, 1.54) is 11.3 Å². The van der Waals surface area contributed by atoms with Crippen molar-refractivity contribution in [3.05, 3.63) is 40.9 Å². The monoisotopic (exact) mass is 319 g/mol. The Kier molecular flexibility index (Phi) is 6.17. The van der Waals surface area contributed by atoms with Crippen molar-refractivity contribution in [3.8, 4) is 0 Å². The second-order valence-electron chi connectivity index (χ2n) is 4.62. The normalized spacial score (nSPS) is 10.4. The predicted molar refractivity (Wildman–Crippen MR) is 83.9 cm³/mol. The molecule has 1 aromatic heterocycles. The molecule has 1 heterocycles. The third-order valence-electron chi connectivity index (χ3n) is 2.88. The average molecular weight is 319 g/mol. The summed E-state index contributed by atoms with van der Waals surface area (Å²) < 4.78 is 4.94. The Balaban J connectivity index is 1.72. The molecule has 0 saturated heterocycles. The van der Waals surface area contributed by atoms with E-state index in [9.17, 15) is 9.59 Å². The van der Waals surface area contributed by atoms with Gasteiger partial charge < -0.3 is 10.1 Å². The zero-order valence-electron chi connectivity index (χ0n) is 12.2. The van der Waals surface area contributed by atoms with Gasteiger partial charge in [0.25, 0.3) is 0 Å². The molecule has 0 fully saturated rings. The molecule has 0 aliphatic rings. The fourth-order valence-corrected chi connectivity index (χ4v) is 2.57. The lowest BCUT2D eigenvalue weighted by atomic mass is 10.1. The lowest BCUT2D eigenvalue weighted by Crippen LogP contribution is -2.11. The maximum atomic E-state index is 11.9. The van der Waals surface area contributed by atoms with Crippen molar-refractivity contribution >= 4 is 28.2 Å². The van der Waals surface area contributed by atoms with E-state index < -0.39 is 0 Å². The molecule has 116 valence electrons. The third-order valence-corrected chi connectivity index (χ3v) is 3.70. The molecule has 0 atom stereocenters. The van der Waals surface area contributed by atoms with E-state index in [1.807, 2.05) is 18.2 Å². The SMILES string of the molecule is COCc1nnc(NC(=O)CCCC(=O)c2ccccc2)s1. The van der Waals surface area contributed by atoms with E-state index in [2.05, 4.69) is 15.5 Å². The summed E-state index contributed by atoms with van der Waals surface area (Å²) in [6.07, 6.45) is 1.13. The summed E-state index contributed by atoms with van der Waals surface area (Å²) in [5, 5.41) is 11.6. The average Bonchev–Trinajstić information content (AvgIpc) is 2.95. The van der Waals surface area contributed by atoms with Crippen molar-refractivity contribution in [1.82, 2.24) is 10.2 Å². The number of benzene rings is 1. The summed E-state index contributed by atoms with van der Waals surface area (Å²) >= 11 is 1.28. The van der Waals surface area contributed by atoms with Crippen LogP contribution in [-0.4, -0.2) is 29.0 Å².